The maximum Gasteiger partial charge on any atom is 0.269 e. The van der Waals surface area contributed by atoms with E-state index in [1.54, 1.807) is 25.1 Å². The summed E-state index contributed by atoms with van der Waals surface area (Å²) in [4.78, 5) is 39.3. The molecule has 0 radical (unpaired) electrons. The summed E-state index contributed by atoms with van der Waals surface area (Å²) < 4.78 is 28.6. The second kappa shape index (κ2) is 13.9. The van der Waals surface area contributed by atoms with E-state index in [0.29, 0.717) is 13.0 Å². The number of amides is 2. The molecule has 3 rings (SSSR count). The fraction of sp³-hybridized carbons (Fsp3) is 0.333. The van der Waals surface area contributed by atoms with Crippen LogP contribution in [0.1, 0.15) is 38.3 Å². The molecule has 0 fully saturated rings. The molecule has 1 atom stereocenters. The summed E-state index contributed by atoms with van der Waals surface area (Å²) in [7, 11) is -4.26. The Balaban J connectivity index is 2.06. The molecule has 0 aromatic heterocycles. The number of nitrogens with zero attached hydrogens (tertiary/aromatic N) is 3. The molecule has 0 bridgehead atoms. The topological polar surface area (TPSA) is 130 Å². The van der Waals surface area contributed by atoms with Crippen molar-refractivity contribution in [3.63, 3.8) is 0 Å². The Hall–Kier alpha value is -4.25. The number of nitro benzene ring substituents is 1. The van der Waals surface area contributed by atoms with Crippen LogP contribution in [0.5, 0.6) is 0 Å². The molecule has 0 aliphatic carbocycles. The van der Waals surface area contributed by atoms with E-state index in [1.165, 1.54) is 41.3 Å². The van der Waals surface area contributed by atoms with Gasteiger partial charge >= 0.3 is 0 Å². The van der Waals surface area contributed by atoms with Gasteiger partial charge in [0.05, 0.1) is 15.5 Å². The van der Waals surface area contributed by atoms with Crippen LogP contribution in [0.4, 0.5) is 11.4 Å². The van der Waals surface area contributed by atoms with Gasteiger partial charge < -0.3 is 10.2 Å². The lowest BCUT2D eigenvalue weighted by Crippen LogP contribution is -2.52. The predicted octanol–water partition coefficient (Wildman–Crippen LogP) is 4.68. The molecule has 0 heterocycles. The minimum atomic E-state index is -4.26. The zero-order chi connectivity index (χ0) is 30.2. The molecule has 3 aromatic carbocycles. The van der Waals surface area contributed by atoms with Gasteiger partial charge in [-0.3, -0.25) is 24.0 Å². The Labute approximate surface area is 241 Å². The number of sulfonamides is 1. The van der Waals surface area contributed by atoms with Crippen LogP contribution in [-0.4, -0.2) is 49.2 Å². The lowest BCUT2D eigenvalue weighted by atomic mass is 10.1. The van der Waals surface area contributed by atoms with Crippen molar-refractivity contribution >= 4 is 33.2 Å². The average molecular weight is 581 g/mol. The largest absolute Gasteiger partial charge is 0.354 e. The number of anilines is 1. The van der Waals surface area contributed by atoms with Gasteiger partial charge in [-0.2, -0.15) is 0 Å². The van der Waals surface area contributed by atoms with E-state index in [9.17, 15) is 28.1 Å². The quantitative estimate of drug-likeness (QED) is 0.231. The Kier molecular flexibility index (Phi) is 10.6. The maximum absolute atomic E-state index is 14.1. The molecule has 3 aromatic rings. The molecule has 0 saturated heterocycles. The minimum Gasteiger partial charge on any atom is -0.354 e. The van der Waals surface area contributed by atoms with Crippen molar-refractivity contribution in [2.75, 3.05) is 17.4 Å². The van der Waals surface area contributed by atoms with E-state index in [4.69, 9.17) is 0 Å². The first-order valence-electron chi connectivity index (χ1n) is 13.4. The van der Waals surface area contributed by atoms with Gasteiger partial charge in [-0.25, -0.2) is 8.42 Å². The fourth-order valence-corrected chi connectivity index (χ4v) is 5.74. The molecule has 1 N–H and O–H groups in total. The molecule has 0 aliphatic heterocycles. The Morgan fingerprint density at radius 1 is 0.951 bits per heavy atom. The SMILES string of the molecule is CCC(C(=O)NCC(C)C)N(Cc1ccccc1C)C(=O)CN(c1ccc([N+](=O)[O-])cc1)S(=O)(=O)c1ccccc1. The number of hydrogen-bond acceptors (Lipinski definition) is 6. The van der Waals surface area contributed by atoms with E-state index >= 15 is 0 Å². The number of rotatable bonds is 13. The van der Waals surface area contributed by atoms with E-state index < -0.39 is 33.4 Å². The molecular formula is C30H36N4O6S. The number of aryl methyl sites for hydroxylation is 1. The van der Waals surface area contributed by atoms with Crippen LogP contribution in [0.3, 0.4) is 0 Å². The highest BCUT2D eigenvalue weighted by atomic mass is 32.2. The first-order chi connectivity index (χ1) is 19.4. The predicted molar refractivity (Wildman–Crippen MR) is 158 cm³/mol. The number of benzene rings is 3. The number of hydrogen-bond donors (Lipinski definition) is 1. The molecule has 0 aliphatic rings. The summed E-state index contributed by atoms with van der Waals surface area (Å²) in [6.45, 7) is 7.54. The third-order valence-electron chi connectivity index (χ3n) is 6.63. The lowest BCUT2D eigenvalue weighted by molar-refractivity contribution is -0.384. The van der Waals surface area contributed by atoms with Crippen molar-refractivity contribution in [1.82, 2.24) is 10.2 Å². The first-order valence-corrected chi connectivity index (χ1v) is 14.8. The van der Waals surface area contributed by atoms with Crippen molar-refractivity contribution < 1.29 is 22.9 Å². The number of non-ortho nitro benzene ring substituents is 1. The zero-order valence-electron chi connectivity index (χ0n) is 23.7. The summed E-state index contributed by atoms with van der Waals surface area (Å²) >= 11 is 0. The highest BCUT2D eigenvalue weighted by molar-refractivity contribution is 7.92. The van der Waals surface area contributed by atoms with Crippen molar-refractivity contribution in [2.24, 2.45) is 5.92 Å². The van der Waals surface area contributed by atoms with Crippen LogP contribution in [0.15, 0.2) is 83.8 Å². The molecule has 218 valence electrons. The van der Waals surface area contributed by atoms with E-state index in [1.807, 2.05) is 45.0 Å². The summed E-state index contributed by atoms with van der Waals surface area (Å²) in [5.41, 5.74) is 1.61. The smallest absolute Gasteiger partial charge is 0.269 e. The van der Waals surface area contributed by atoms with Crippen molar-refractivity contribution in [3.05, 3.63) is 100 Å². The van der Waals surface area contributed by atoms with Gasteiger partial charge in [0.2, 0.25) is 11.8 Å². The van der Waals surface area contributed by atoms with Gasteiger partial charge in [-0.05, 0) is 54.7 Å². The highest BCUT2D eigenvalue weighted by Gasteiger charge is 2.34. The second-order valence-corrected chi connectivity index (χ2v) is 12.0. The molecule has 11 heteroatoms. The van der Waals surface area contributed by atoms with Crippen molar-refractivity contribution in [1.29, 1.82) is 0 Å². The summed E-state index contributed by atoms with van der Waals surface area (Å²) in [5, 5.41) is 14.1. The average Bonchev–Trinajstić information content (AvgIpc) is 2.96. The molecule has 10 nitrogen and oxygen atoms in total. The number of carbonyl (C=O) groups is 2. The third kappa shape index (κ3) is 7.91. The lowest BCUT2D eigenvalue weighted by Gasteiger charge is -2.33. The van der Waals surface area contributed by atoms with Gasteiger partial charge in [-0.15, -0.1) is 0 Å². The summed E-state index contributed by atoms with van der Waals surface area (Å²) in [6.07, 6.45) is 0.310. The molecule has 0 spiro atoms. The van der Waals surface area contributed by atoms with Crippen LogP contribution in [0, 0.1) is 23.0 Å². The molecular weight excluding hydrogens is 544 g/mol. The minimum absolute atomic E-state index is 0.0432. The van der Waals surface area contributed by atoms with E-state index in [-0.39, 0.29) is 34.6 Å². The monoisotopic (exact) mass is 580 g/mol. The molecule has 0 saturated carbocycles. The third-order valence-corrected chi connectivity index (χ3v) is 8.42. The Morgan fingerprint density at radius 2 is 1.56 bits per heavy atom. The van der Waals surface area contributed by atoms with Crippen LogP contribution < -0.4 is 9.62 Å². The molecule has 41 heavy (non-hydrogen) atoms. The standard InChI is InChI=1S/C30H36N4O6S/c1-5-28(30(36)31-19-22(2)3)32(20-24-12-10-9-11-23(24)4)29(35)21-33(25-15-17-26(18-16-25)34(37)38)41(39,40)27-13-7-6-8-14-27/h6-18,22,28H,5,19-21H2,1-4H3,(H,31,36). The highest BCUT2D eigenvalue weighted by Crippen LogP contribution is 2.27. The fourth-order valence-electron chi connectivity index (χ4n) is 4.30. The summed E-state index contributed by atoms with van der Waals surface area (Å²) in [6, 6.07) is 19.2. The van der Waals surface area contributed by atoms with Crippen LogP contribution in [0.25, 0.3) is 0 Å². The zero-order valence-corrected chi connectivity index (χ0v) is 24.5. The van der Waals surface area contributed by atoms with Crippen molar-refractivity contribution in [2.45, 2.75) is 51.6 Å². The maximum atomic E-state index is 14.1. The Bertz CT molecular complexity index is 1460. The number of nitro groups is 1. The number of nitrogens with one attached hydrogen (secondary N) is 1. The van der Waals surface area contributed by atoms with E-state index in [2.05, 4.69) is 5.32 Å². The molecule has 1 unspecified atom stereocenters. The number of carbonyl (C=O) groups excluding carboxylic acids is 2. The van der Waals surface area contributed by atoms with Crippen LogP contribution in [0.2, 0.25) is 0 Å². The van der Waals surface area contributed by atoms with Gasteiger partial charge in [0.15, 0.2) is 0 Å². The normalized spacial score (nSPS) is 12.0. The summed E-state index contributed by atoms with van der Waals surface area (Å²) in [5.74, 6) is -0.709. The van der Waals surface area contributed by atoms with Gasteiger partial charge in [0, 0.05) is 25.2 Å². The molecule has 2 amide bonds. The van der Waals surface area contributed by atoms with Crippen molar-refractivity contribution in [3.8, 4) is 0 Å². The second-order valence-electron chi connectivity index (χ2n) is 10.1. The Morgan fingerprint density at radius 3 is 2.12 bits per heavy atom. The van der Waals surface area contributed by atoms with E-state index in [0.717, 1.165) is 15.4 Å². The van der Waals surface area contributed by atoms with Crippen LogP contribution in [-0.2, 0) is 26.2 Å². The van der Waals surface area contributed by atoms with Gasteiger partial charge in [0.25, 0.3) is 15.7 Å². The first kappa shape index (κ1) is 31.3. The van der Waals surface area contributed by atoms with Gasteiger partial charge in [0.1, 0.15) is 12.6 Å². The van der Waals surface area contributed by atoms with Gasteiger partial charge in [-0.1, -0.05) is 63.2 Å². The van der Waals surface area contributed by atoms with Crippen LogP contribution >= 0.6 is 0 Å².